The van der Waals surface area contributed by atoms with E-state index in [4.69, 9.17) is 16.3 Å². The summed E-state index contributed by atoms with van der Waals surface area (Å²) in [5, 5.41) is 0.147. The summed E-state index contributed by atoms with van der Waals surface area (Å²) in [5.41, 5.74) is 0.632. The maximum atomic E-state index is 12.8. The van der Waals surface area contributed by atoms with E-state index in [9.17, 15) is 4.39 Å². The second kappa shape index (κ2) is 4.11. The minimum atomic E-state index is -0.363. The molecule has 1 aromatic carbocycles. The molecule has 2 atom stereocenters. The molecule has 0 amide bonds. The lowest BCUT2D eigenvalue weighted by Gasteiger charge is -2.36. The lowest BCUT2D eigenvalue weighted by molar-refractivity contribution is -0.0684. The third kappa shape index (κ3) is 2.32. The number of halogens is 2. The van der Waals surface area contributed by atoms with Gasteiger partial charge in [-0.15, -0.1) is 11.6 Å². The van der Waals surface area contributed by atoms with Crippen LogP contribution in [0.5, 0.6) is 0 Å². The van der Waals surface area contributed by atoms with Crippen molar-refractivity contribution in [1.82, 2.24) is 0 Å². The summed E-state index contributed by atoms with van der Waals surface area (Å²) < 4.78 is 18.5. The molecule has 15 heavy (non-hydrogen) atoms. The van der Waals surface area contributed by atoms with Crippen molar-refractivity contribution in [1.29, 1.82) is 0 Å². The summed E-state index contributed by atoms with van der Waals surface area (Å²) in [4.78, 5) is 0. The minimum Gasteiger partial charge on any atom is -0.370 e. The molecular weight excluding hydrogens is 215 g/mol. The molecule has 0 saturated carbocycles. The van der Waals surface area contributed by atoms with Gasteiger partial charge in [0.2, 0.25) is 0 Å². The fraction of sp³-hybridized carbons (Fsp3) is 0.500. The Morgan fingerprint density at radius 3 is 2.67 bits per heavy atom. The van der Waals surface area contributed by atoms with Gasteiger partial charge in [-0.3, -0.25) is 0 Å². The van der Waals surface area contributed by atoms with Gasteiger partial charge in [-0.2, -0.15) is 0 Å². The Kier molecular flexibility index (Phi) is 2.98. The Balaban J connectivity index is 2.24. The Labute approximate surface area is 94.2 Å². The molecule has 0 spiro atoms. The number of benzene rings is 1. The van der Waals surface area contributed by atoms with Gasteiger partial charge in [0.1, 0.15) is 5.82 Å². The summed E-state index contributed by atoms with van der Waals surface area (Å²) in [5.74, 6) is -0.222. The van der Waals surface area contributed by atoms with Crippen molar-refractivity contribution >= 4 is 11.6 Å². The van der Waals surface area contributed by atoms with Gasteiger partial charge in [-0.1, -0.05) is 12.1 Å². The van der Waals surface area contributed by atoms with E-state index < -0.39 is 0 Å². The van der Waals surface area contributed by atoms with Gasteiger partial charge < -0.3 is 4.74 Å². The van der Waals surface area contributed by atoms with Crippen molar-refractivity contribution in [3.8, 4) is 0 Å². The molecule has 0 radical (unpaired) electrons. The quantitative estimate of drug-likeness (QED) is 0.669. The van der Waals surface area contributed by atoms with Crippen LogP contribution < -0.4 is 0 Å². The molecule has 0 aliphatic carbocycles. The zero-order valence-corrected chi connectivity index (χ0v) is 9.43. The van der Waals surface area contributed by atoms with E-state index in [1.54, 1.807) is 12.1 Å². The largest absolute Gasteiger partial charge is 0.370 e. The van der Waals surface area contributed by atoms with Crippen LogP contribution in [0, 0.1) is 5.82 Å². The van der Waals surface area contributed by atoms with Crippen molar-refractivity contribution in [3.63, 3.8) is 0 Å². The van der Waals surface area contributed by atoms with E-state index in [0.717, 1.165) is 18.4 Å². The van der Waals surface area contributed by atoms with E-state index in [-0.39, 0.29) is 16.8 Å². The molecule has 82 valence electrons. The van der Waals surface area contributed by atoms with E-state index >= 15 is 0 Å². The van der Waals surface area contributed by atoms with Gasteiger partial charge >= 0.3 is 0 Å². The maximum absolute atomic E-state index is 12.8. The van der Waals surface area contributed by atoms with E-state index in [1.165, 1.54) is 12.1 Å². The lowest BCUT2D eigenvalue weighted by atomic mass is 9.88. The minimum absolute atomic E-state index is 0.147. The van der Waals surface area contributed by atoms with Gasteiger partial charge in [0, 0.05) is 12.0 Å². The van der Waals surface area contributed by atoms with Gasteiger partial charge in [-0.25, -0.2) is 4.39 Å². The van der Waals surface area contributed by atoms with Crippen LogP contribution in [0.2, 0.25) is 0 Å². The number of alkyl halides is 1. The predicted octanol–water partition coefficient (Wildman–Crippen LogP) is 3.46. The van der Waals surface area contributed by atoms with Crippen LogP contribution in [0.3, 0.4) is 0 Å². The van der Waals surface area contributed by atoms with Gasteiger partial charge in [0.25, 0.3) is 0 Å². The zero-order chi connectivity index (χ0) is 10.9. The number of ether oxygens (including phenoxy) is 1. The van der Waals surface area contributed by atoms with Crippen LogP contribution in [0.25, 0.3) is 0 Å². The van der Waals surface area contributed by atoms with E-state index in [2.05, 4.69) is 0 Å². The Morgan fingerprint density at radius 2 is 2.07 bits per heavy atom. The second-order valence-corrected chi connectivity index (χ2v) is 4.79. The Hall–Kier alpha value is -0.600. The molecule has 1 fully saturated rings. The molecule has 0 aromatic heterocycles. The third-order valence-electron chi connectivity index (χ3n) is 2.92. The van der Waals surface area contributed by atoms with Crippen LogP contribution in [0.1, 0.15) is 25.3 Å². The average molecular weight is 229 g/mol. The van der Waals surface area contributed by atoms with Gasteiger partial charge in [0.05, 0.1) is 5.60 Å². The first-order valence-electron chi connectivity index (χ1n) is 5.14. The summed E-state index contributed by atoms with van der Waals surface area (Å²) >= 11 is 6.13. The highest BCUT2D eigenvalue weighted by Crippen LogP contribution is 2.36. The Morgan fingerprint density at radius 1 is 1.40 bits per heavy atom. The summed E-state index contributed by atoms with van der Waals surface area (Å²) in [6.07, 6.45) is 1.67. The third-order valence-corrected chi connectivity index (χ3v) is 3.29. The molecule has 3 heteroatoms. The fourth-order valence-electron chi connectivity index (χ4n) is 2.00. The SMILES string of the molecule is CC1(c2ccc(F)cc2)CC(Cl)CCO1. The topological polar surface area (TPSA) is 9.23 Å². The van der Waals surface area contributed by atoms with Crippen LogP contribution >= 0.6 is 11.6 Å². The first-order chi connectivity index (χ1) is 7.10. The zero-order valence-electron chi connectivity index (χ0n) is 8.67. The van der Waals surface area contributed by atoms with Gasteiger partial charge in [-0.05, 0) is 37.5 Å². The van der Waals surface area contributed by atoms with Crippen LogP contribution in [0.15, 0.2) is 24.3 Å². The normalized spacial score (nSPS) is 31.5. The molecule has 1 nitrogen and oxygen atoms in total. The fourth-order valence-corrected chi connectivity index (χ4v) is 2.38. The molecule has 0 bridgehead atoms. The first kappa shape index (κ1) is 10.9. The van der Waals surface area contributed by atoms with Crippen molar-refractivity contribution in [3.05, 3.63) is 35.6 Å². The molecule has 1 aliphatic heterocycles. The molecule has 1 aliphatic rings. The molecule has 2 unspecified atom stereocenters. The molecule has 1 saturated heterocycles. The number of hydrogen-bond acceptors (Lipinski definition) is 1. The summed E-state index contributed by atoms with van der Waals surface area (Å²) in [6.45, 7) is 2.68. The predicted molar refractivity (Wildman–Crippen MR) is 58.6 cm³/mol. The van der Waals surface area contributed by atoms with Crippen LogP contribution in [-0.4, -0.2) is 12.0 Å². The number of hydrogen-bond donors (Lipinski definition) is 0. The van der Waals surface area contributed by atoms with E-state index in [0.29, 0.717) is 6.61 Å². The molecule has 0 N–H and O–H groups in total. The first-order valence-corrected chi connectivity index (χ1v) is 5.58. The highest BCUT2D eigenvalue weighted by atomic mass is 35.5. The highest BCUT2D eigenvalue weighted by Gasteiger charge is 2.33. The van der Waals surface area contributed by atoms with Crippen LogP contribution in [0.4, 0.5) is 4.39 Å². The molecular formula is C12H14ClFO. The van der Waals surface area contributed by atoms with Crippen molar-refractivity contribution in [2.75, 3.05) is 6.61 Å². The molecule has 1 aromatic rings. The molecule has 1 heterocycles. The Bertz CT molecular complexity index is 338. The van der Waals surface area contributed by atoms with Crippen molar-refractivity contribution in [2.24, 2.45) is 0 Å². The maximum Gasteiger partial charge on any atom is 0.123 e. The average Bonchev–Trinajstić information content (AvgIpc) is 2.18. The van der Waals surface area contributed by atoms with Crippen LogP contribution in [-0.2, 0) is 10.3 Å². The monoisotopic (exact) mass is 228 g/mol. The van der Waals surface area contributed by atoms with Gasteiger partial charge in [0.15, 0.2) is 0 Å². The summed E-state index contributed by atoms with van der Waals surface area (Å²) in [7, 11) is 0. The highest BCUT2D eigenvalue weighted by molar-refractivity contribution is 6.20. The van der Waals surface area contributed by atoms with Crippen molar-refractivity contribution in [2.45, 2.75) is 30.7 Å². The standard InChI is InChI=1S/C12H14ClFO/c1-12(8-10(13)6-7-15-12)9-2-4-11(14)5-3-9/h2-5,10H,6-8H2,1H3. The lowest BCUT2D eigenvalue weighted by Crippen LogP contribution is -2.35. The second-order valence-electron chi connectivity index (χ2n) is 4.18. The summed E-state index contributed by atoms with van der Waals surface area (Å²) in [6, 6.07) is 6.46. The van der Waals surface area contributed by atoms with E-state index in [1.807, 2.05) is 6.92 Å². The molecule has 2 rings (SSSR count). The smallest absolute Gasteiger partial charge is 0.123 e. The number of rotatable bonds is 1. The van der Waals surface area contributed by atoms with Crippen molar-refractivity contribution < 1.29 is 9.13 Å².